The molecule has 0 fully saturated rings. The van der Waals surface area contributed by atoms with E-state index >= 15 is 0 Å². The van der Waals surface area contributed by atoms with Gasteiger partial charge in [0.2, 0.25) is 5.71 Å². The van der Waals surface area contributed by atoms with E-state index in [1.54, 1.807) is 0 Å². The molecule has 0 aliphatic heterocycles. The van der Waals surface area contributed by atoms with Gasteiger partial charge >= 0.3 is 5.63 Å². The molecule has 120 valence electrons. The molecule has 1 atom stereocenters. The third-order valence-corrected chi connectivity index (χ3v) is 3.41. The molecule has 0 spiro atoms. The van der Waals surface area contributed by atoms with Crippen molar-refractivity contribution in [2.75, 3.05) is 0 Å². The summed E-state index contributed by atoms with van der Waals surface area (Å²) < 4.78 is 10.7. The third kappa shape index (κ3) is 3.37. The zero-order valence-corrected chi connectivity index (χ0v) is 13.6. The van der Waals surface area contributed by atoms with Crippen molar-refractivity contribution in [3.63, 3.8) is 0 Å². The van der Waals surface area contributed by atoms with Crippen molar-refractivity contribution in [1.29, 1.82) is 0 Å². The van der Waals surface area contributed by atoms with Crippen molar-refractivity contribution < 1.29 is 9.15 Å². The molecule has 1 N–H and O–H groups in total. The minimum atomic E-state index is -0.525. The number of hydrogen-bond donors (Lipinski definition) is 1. The minimum absolute atomic E-state index is 0.0138. The van der Waals surface area contributed by atoms with E-state index in [1.165, 1.54) is 6.07 Å². The van der Waals surface area contributed by atoms with Crippen LogP contribution >= 0.6 is 0 Å². The number of fused-ring (bicyclic) bond motifs is 1. The summed E-state index contributed by atoms with van der Waals surface area (Å²) in [6, 6.07) is 1.42. The van der Waals surface area contributed by atoms with Crippen LogP contribution in [0.2, 0.25) is 0 Å². The maximum absolute atomic E-state index is 12.4. The predicted molar refractivity (Wildman–Crippen MR) is 84.6 cm³/mol. The van der Waals surface area contributed by atoms with Gasteiger partial charge in [-0.25, -0.2) is 4.79 Å². The van der Waals surface area contributed by atoms with Crippen LogP contribution in [0.3, 0.4) is 0 Å². The number of H-pyrrole nitrogens is 1. The summed E-state index contributed by atoms with van der Waals surface area (Å²) in [6.07, 6.45) is 1.72. The number of aromatic amines is 1. The topological polar surface area (TPSA) is 85.2 Å². The molecule has 22 heavy (non-hydrogen) atoms. The fourth-order valence-corrected chi connectivity index (χ4v) is 2.36. The van der Waals surface area contributed by atoms with Gasteiger partial charge in [0.1, 0.15) is 5.39 Å². The van der Waals surface area contributed by atoms with Gasteiger partial charge in [0.05, 0.1) is 6.10 Å². The largest absolute Gasteiger partial charge is 0.462 e. The van der Waals surface area contributed by atoms with E-state index in [2.05, 4.69) is 9.97 Å². The minimum Gasteiger partial charge on any atom is -0.462 e. The van der Waals surface area contributed by atoms with Gasteiger partial charge in [0.25, 0.3) is 11.6 Å². The van der Waals surface area contributed by atoms with Gasteiger partial charge in [-0.05, 0) is 24.3 Å². The molecule has 2 heterocycles. The van der Waals surface area contributed by atoms with Gasteiger partial charge in [-0.15, -0.1) is 0 Å². The molecule has 0 saturated carbocycles. The van der Waals surface area contributed by atoms with Crippen LogP contribution in [0, 0.1) is 0 Å². The van der Waals surface area contributed by atoms with Crippen molar-refractivity contribution in [2.24, 2.45) is 0 Å². The van der Waals surface area contributed by atoms with Crippen LogP contribution in [0.5, 0.6) is 6.01 Å². The fraction of sp³-hybridized carbons (Fsp3) is 0.562. The molecule has 6 heteroatoms. The van der Waals surface area contributed by atoms with Crippen LogP contribution in [0.4, 0.5) is 0 Å². The number of hydrogen-bond acceptors (Lipinski definition) is 5. The summed E-state index contributed by atoms with van der Waals surface area (Å²) in [5, 5.41) is 0.294. The summed E-state index contributed by atoms with van der Waals surface area (Å²) in [5.41, 5.74) is -0.637. The van der Waals surface area contributed by atoms with Crippen molar-refractivity contribution in [3.05, 3.63) is 32.4 Å². The maximum atomic E-state index is 12.4. The number of rotatable bonds is 4. The number of nitrogens with zero attached hydrogens (tertiary/aromatic N) is 1. The first kappa shape index (κ1) is 16.3. The lowest BCUT2D eigenvalue weighted by Gasteiger charge is -2.19. The van der Waals surface area contributed by atoms with Gasteiger partial charge in [0.15, 0.2) is 0 Å². The normalized spacial score (nSPS) is 13.3. The van der Waals surface area contributed by atoms with Crippen LogP contribution < -0.4 is 15.9 Å². The van der Waals surface area contributed by atoms with Crippen molar-refractivity contribution >= 4 is 11.1 Å². The first-order valence-corrected chi connectivity index (χ1v) is 7.47. The highest BCUT2D eigenvalue weighted by molar-refractivity contribution is 5.77. The average Bonchev–Trinajstić information content (AvgIpc) is 2.36. The van der Waals surface area contributed by atoms with Crippen LogP contribution in [0.1, 0.15) is 53.0 Å². The zero-order valence-electron chi connectivity index (χ0n) is 13.6. The van der Waals surface area contributed by atoms with E-state index < -0.39 is 5.63 Å². The quantitative estimate of drug-likeness (QED) is 0.938. The van der Waals surface area contributed by atoms with E-state index in [9.17, 15) is 9.59 Å². The van der Waals surface area contributed by atoms with E-state index in [4.69, 9.17) is 9.15 Å². The first-order valence-electron chi connectivity index (χ1n) is 7.47. The Morgan fingerprint density at radius 3 is 2.64 bits per heavy atom. The summed E-state index contributed by atoms with van der Waals surface area (Å²) in [6.45, 7) is 9.72. The van der Waals surface area contributed by atoms with Gasteiger partial charge in [-0.2, -0.15) is 4.98 Å². The fourth-order valence-electron chi connectivity index (χ4n) is 2.36. The van der Waals surface area contributed by atoms with Crippen LogP contribution in [0.25, 0.3) is 11.1 Å². The molecule has 0 saturated heterocycles. The Morgan fingerprint density at radius 1 is 1.36 bits per heavy atom. The number of aromatic nitrogens is 2. The van der Waals surface area contributed by atoms with Crippen LogP contribution in [-0.4, -0.2) is 16.1 Å². The van der Waals surface area contributed by atoms with Gasteiger partial charge in [0, 0.05) is 6.07 Å². The number of nitrogens with one attached hydrogen (secondary N) is 1. The van der Waals surface area contributed by atoms with E-state index in [1.807, 2.05) is 34.6 Å². The van der Waals surface area contributed by atoms with Gasteiger partial charge in [-0.1, -0.05) is 34.1 Å². The Labute approximate surface area is 128 Å². The Kier molecular flexibility index (Phi) is 4.39. The Hall–Kier alpha value is -2.11. The molecule has 0 amide bonds. The van der Waals surface area contributed by atoms with E-state index in [-0.39, 0.29) is 28.8 Å². The Morgan fingerprint density at radius 2 is 2.05 bits per heavy atom. The first-order chi connectivity index (χ1) is 10.2. The third-order valence-electron chi connectivity index (χ3n) is 3.41. The molecule has 0 aromatic carbocycles. The molecule has 1 unspecified atom stereocenters. The van der Waals surface area contributed by atoms with E-state index in [0.717, 1.165) is 12.8 Å². The summed E-state index contributed by atoms with van der Waals surface area (Å²) in [7, 11) is 0. The van der Waals surface area contributed by atoms with Crippen molar-refractivity contribution in [3.8, 4) is 6.01 Å². The molecule has 0 radical (unpaired) electrons. The second kappa shape index (κ2) is 5.94. The standard InChI is InChI=1S/C16H22N2O4/c1-6-7-9(2)21-15-17-13(20)12-10(16(3,4)5)8-11(19)22-14(12)18-15/h8-9H,6-7H2,1-5H3,(H,17,18,20). The van der Waals surface area contributed by atoms with Crippen molar-refractivity contribution in [1.82, 2.24) is 9.97 Å². The average molecular weight is 306 g/mol. The molecule has 0 aliphatic rings. The lowest BCUT2D eigenvalue weighted by atomic mass is 9.86. The van der Waals surface area contributed by atoms with Crippen LogP contribution in [-0.2, 0) is 5.41 Å². The van der Waals surface area contributed by atoms with Gasteiger partial charge in [-0.3, -0.25) is 9.78 Å². The number of ether oxygens (including phenoxy) is 1. The highest BCUT2D eigenvalue weighted by Crippen LogP contribution is 2.26. The highest BCUT2D eigenvalue weighted by Gasteiger charge is 2.22. The molecule has 2 rings (SSSR count). The molecule has 0 bridgehead atoms. The second-order valence-electron chi connectivity index (χ2n) is 6.50. The SMILES string of the molecule is CCCC(C)Oc1nc2oc(=O)cc(C(C)(C)C)c2c(=O)[nH]1. The summed E-state index contributed by atoms with van der Waals surface area (Å²) >= 11 is 0. The molecule has 2 aromatic heterocycles. The lowest BCUT2D eigenvalue weighted by Crippen LogP contribution is -2.22. The molecular formula is C16H22N2O4. The highest BCUT2D eigenvalue weighted by atomic mass is 16.5. The van der Waals surface area contributed by atoms with Gasteiger partial charge < -0.3 is 9.15 Å². The lowest BCUT2D eigenvalue weighted by molar-refractivity contribution is 0.192. The van der Waals surface area contributed by atoms with Crippen LogP contribution in [0.15, 0.2) is 20.1 Å². The molecule has 0 aliphatic carbocycles. The molecular weight excluding hydrogens is 284 g/mol. The maximum Gasteiger partial charge on any atom is 0.337 e. The second-order valence-corrected chi connectivity index (χ2v) is 6.50. The Bertz CT molecular complexity index is 783. The molecule has 6 nitrogen and oxygen atoms in total. The molecule has 2 aromatic rings. The monoisotopic (exact) mass is 306 g/mol. The smallest absolute Gasteiger partial charge is 0.337 e. The predicted octanol–water partition coefficient (Wildman–Crippen LogP) is 2.74. The summed E-state index contributed by atoms with van der Waals surface area (Å²) in [4.78, 5) is 30.9. The van der Waals surface area contributed by atoms with E-state index in [0.29, 0.717) is 10.9 Å². The van der Waals surface area contributed by atoms with Crippen molar-refractivity contribution in [2.45, 2.75) is 59.0 Å². The Balaban J connectivity index is 2.61. The summed E-state index contributed by atoms with van der Waals surface area (Å²) in [5.74, 6) is 0. The zero-order chi connectivity index (χ0) is 16.5.